The van der Waals surface area contributed by atoms with E-state index in [-0.39, 0.29) is 12.2 Å². The highest BCUT2D eigenvalue weighted by molar-refractivity contribution is 5.86. The van der Waals surface area contributed by atoms with Gasteiger partial charge in [0.1, 0.15) is 0 Å². The number of H-pyrrole nitrogens is 2. The van der Waals surface area contributed by atoms with Crippen molar-refractivity contribution in [3.8, 4) is 22.5 Å². The van der Waals surface area contributed by atoms with Gasteiger partial charge in [-0.3, -0.25) is 14.7 Å². The summed E-state index contributed by atoms with van der Waals surface area (Å²) in [5.74, 6) is 0.377. The molecule has 0 bridgehead atoms. The topological polar surface area (TPSA) is 97.9 Å². The fourth-order valence-electron chi connectivity index (χ4n) is 4.40. The molecule has 1 aromatic carbocycles. The molecule has 4 heterocycles. The molecule has 1 fully saturated rings. The first-order valence-electron chi connectivity index (χ1n) is 10.6. The largest absolute Gasteiger partial charge is 0.396 e. The molecule has 0 spiro atoms. The molecular weight excluding hydrogens is 390 g/mol. The van der Waals surface area contributed by atoms with E-state index < -0.39 is 0 Å². The van der Waals surface area contributed by atoms with Crippen LogP contribution in [0.3, 0.4) is 0 Å². The fourth-order valence-corrected chi connectivity index (χ4v) is 4.40. The van der Waals surface area contributed by atoms with Gasteiger partial charge in [-0.15, -0.1) is 0 Å². The van der Waals surface area contributed by atoms with E-state index in [1.54, 1.807) is 12.4 Å². The van der Waals surface area contributed by atoms with Crippen molar-refractivity contribution in [2.45, 2.75) is 19.4 Å². The third-order valence-electron chi connectivity index (χ3n) is 6.02. The molecule has 1 atom stereocenters. The number of likely N-dealkylation sites (tertiary alicyclic amines) is 1. The highest BCUT2D eigenvalue weighted by Gasteiger charge is 2.19. The van der Waals surface area contributed by atoms with Crippen LogP contribution in [0.15, 0.2) is 59.7 Å². The molecule has 1 unspecified atom stereocenters. The molecule has 4 aromatic rings. The maximum absolute atomic E-state index is 12.5. The summed E-state index contributed by atoms with van der Waals surface area (Å²) in [5.41, 5.74) is 4.91. The minimum Gasteiger partial charge on any atom is -0.396 e. The van der Waals surface area contributed by atoms with Crippen LogP contribution >= 0.6 is 0 Å². The number of fused-ring (bicyclic) bond motifs is 1. The van der Waals surface area contributed by atoms with Crippen LogP contribution in [0.25, 0.3) is 33.4 Å². The molecule has 1 aliphatic heterocycles. The lowest BCUT2D eigenvalue weighted by Crippen LogP contribution is -2.36. The van der Waals surface area contributed by atoms with Crippen molar-refractivity contribution in [3.63, 3.8) is 0 Å². The molecule has 0 amide bonds. The number of nitrogens with zero attached hydrogens (tertiary/aromatic N) is 3. The number of aliphatic hydroxyl groups is 1. The monoisotopic (exact) mass is 415 g/mol. The van der Waals surface area contributed by atoms with E-state index in [0.29, 0.717) is 17.2 Å². The molecule has 158 valence electrons. The van der Waals surface area contributed by atoms with Crippen molar-refractivity contribution >= 4 is 10.9 Å². The smallest absolute Gasteiger partial charge is 0.273 e. The number of hydrogen-bond acceptors (Lipinski definition) is 5. The molecule has 1 aliphatic rings. The highest BCUT2D eigenvalue weighted by Crippen LogP contribution is 2.26. The first-order chi connectivity index (χ1) is 15.2. The van der Waals surface area contributed by atoms with Crippen molar-refractivity contribution in [1.29, 1.82) is 0 Å². The van der Waals surface area contributed by atoms with Crippen LogP contribution in [0, 0.1) is 5.92 Å². The summed E-state index contributed by atoms with van der Waals surface area (Å²) >= 11 is 0. The second-order valence-corrected chi connectivity index (χ2v) is 8.26. The summed E-state index contributed by atoms with van der Waals surface area (Å²) in [7, 11) is 0. The average Bonchev–Trinajstić information content (AvgIpc) is 3.23. The van der Waals surface area contributed by atoms with Crippen LogP contribution in [0.1, 0.15) is 18.4 Å². The maximum Gasteiger partial charge on any atom is 0.273 e. The van der Waals surface area contributed by atoms with E-state index in [4.69, 9.17) is 0 Å². The number of aliphatic hydroxyl groups excluding tert-OH is 1. The molecule has 3 N–H and O–H groups in total. The number of nitrogens with one attached hydrogen (secondary N) is 2. The zero-order valence-corrected chi connectivity index (χ0v) is 17.2. The maximum atomic E-state index is 12.5. The Morgan fingerprint density at radius 3 is 2.84 bits per heavy atom. The number of piperidine rings is 1. The van der Waals surface area contributed by atoms with E-state index >= 15 is 0 Å². The van der Waals surface area contributed by atoms with Gasteiger partial charge in [-0.2, -0.15) is 5.10 Å². The van der Waals surface area contributed by atoms with Crippen molar-refractivity contribution in [1.82, 2.24) is 25.1 Å². The Kier molecular flexibility index (Phi) is 5.36. The van der Waals surface area contributed by atoms with Gasteiger partial charge in [0.25, 0.3) is 5.56 Å². The zero-order chi connectivity index (χ0) is 21.2. The number of pyridine rings is 1. The van der Waals surface area contributed by atoms with Crippen LogP contribution in [-0.2, 0) is 6.54 Å². The lowest BCUT2D eigenvalue weighted by atomic mass is 9.98. The molecule has 0 saturated carbocycles. The van der Waals surface area contributed by atoms with Gasteiger partial charge >= 0.3 is 0 Å². The number of benzene rings is 1. The summed E-state index contributed by atoms with van der Waals surface area (Å²) in [6.45, 7) is 3.13. The van der Waals surface area contributed by atoms with E-state index in [2.05, 4.69) is 43.3 Å². The molecule has 3 aromatic heterocycles. The summed E-state index contributed by atoms with van der Waals surface area (Å²) < 4.78 is 0. The van der Waals surface area contributed by atoms with Gasteiger partial charge in [0.15, 0.2) is 0 Å². The summed E-state index contributed by atoms with van der Waals surface area (Å²) in [6, 6.07) is 13.9. The SMILES string of the molecule is O=c1[nH]nc(-c2ccncc2)cc1-c1cc2ccc(CN3CCCC(CO)C3)cc2[nH]1. The Bertz CT molecular complexity index is 1250. The predicted molar refractivity (Wildman–Crippen MR) is 120 cm³/mol. The Morgan fingerprint density at radius 1 is 1.13 bits per heavy atom. The van der Waals surface area contributed by atoms with E-state index in [1.165, 1.54) is 5.56 Å². The second kappa shape index (κ2) is 8.45. The van der Waals surface area contributed by atoms with E-state index in [9.17, 15) is 9.90 Å². The van der Waals surface area contributed by atoms with Crippen LogP contribution in [0.4, 0.5) is 0 Å². The molecule has 31 heavy (non-hydrogen) atoms. The average molecular weight is 415 g/mol. The van der Waals surface area contributed by atoms with Gasteiger partial charge in [0.2, 0.25) is 0 Å². The van der Waals surface area contributed by atoms with E-state index in [1.807, 2.05) is 24.3 Å². The standard InChI is InChI=1S/C24H25N5O2/c30-15-17-2-1-9-29(14-17)13-16-3-4-19-11-23(26-21(19)10-16)20-12-22(27-28-24(20)31)18-5-7-25-8-6-18/h3-8,10-12,17,26,30H,1-2,9,13-15H2,(H,28,31). The summed E-state index contributed by atoms with van der Waals surface area (Å²) in [5, 5.41) is 17.3. The Morgan fingerprint density at radius 2 is 2.00 bits per heavy atom. The number of rotatable bonds is 5. The molecule has 7 heteroatoms. The molecule has 5 rings (SSSR count). The predicted octanol–water partition coefficient (Wildman–Crippen LogP) is 3.18. The quantitative estimate of drug-likeness (QED) is 0.465. The molecular formula is C24H25N5O2. The Balaban J connectivity index is 1.43. The van der Waals surface area contributed by atoms with Crippen LogP contribution < -0.4 is 5.56 Å². The zero-order valence-electron chi connectivity index (χ0n) is 17.2. The minimum atomic E-state index is -0.229. The van der Waals surface area contributed by atoms with Crippen LogP contribution in [0.2, 0.25) is 0 Å². The van der Waals surface area contributed by atoms with Crippen molar-refractivity contribution < 1.29 is 5.11 Å². The van der Waals surface area contributed by atoms with Gasteiger partial charge in [0, 0.05) is 48.6 Å². The lowest BCUT2D eigenvalue weighted by molar-refractivity contribution is 0.116. The van der Waals surface area contributed by atoms with E-state index in [0.717, 1.165) is 54.6 Å². The van der Waals surface area contributed by atoms with Crippen molar-refractivity contribution in [2.75, 3.05) is 19.7 Å². The molecule has 1 saturated heterocycles. The Labute approximate surface area is 179 Å². The first kappa shape index (κ1) is 19.7. The lowest BCUT2D eigenvalue weighted by Gasteiger charge is -2.31. The van der Waals surface area contributed by atoms with Crippen molar-refractivity contribution in [2.24, 2.45) is 5.92 Å². The highest BCUT2D eigenvalue weighted by atomic mass is 16.3. The molecule has 0 radical (unpaired) electrons. The Hall–Kier alpha value is -3.29. The third-order valence-corrected chi connectivity index (χ3v) is 6.02. The first-order valence-corrected chi connectivity index (χ1v) is 10.6. The summed E-state index contributed by atoms with van der Waals surface area (Å²) in [6.07, 6.45) is 5.65. The van der Waals surface area contributed by atoms with Crippen LogP contribution in [0.5, 0.6) is 0 Å². The van der Waals surface area contributed by atoms with Crippen LogP contribution in [-0.4, -0.2) is 49.9 Å². The summed E-state index contributed by atoms with van der Waals surface area (Å²) in [4.78, 5) is 22.3. The van der Waals surface area contributed by atoms with Gasteiger partial charge in [-0.25, -0.2) is 5.10 Å². The number of aromatic nitrogens is 4. The number of hydrogen-bond donors (Lipinski definition) is 3. The minimum absolute atomic E-state index is 0.229. The normalized spacial score (nSPS) is 17.3. The van der Waals surface area contributed by atoms with Gasteiger partial charge < -0.3 is 10.1 Å². The van der Waals surface area contributed by atoms with Gasteiger partial charge in [-0.05, 0) is 61.2 Å². The molecule has 7 nitrogen and oxygen atoms in total. The van der Waals surface area contributed by atoms with Crippen molar-refractivity contribution in [3.05, 3.63) is 70.8 Å². The third kappa shape index (κ3) is 4.15. The molecule has 0 aliphatic carbocycles. The second-order valence-electron chi connectivity index (χ2n) is 8.26. The fraction of sp³-hybridized carbons (Fsp3) is 0.292. The van der Waals surface area contributed by atoms with Gasteiger partial charge in [0.05, 0.1) is 17.0 Å². The number of aromatic amines is 2. The van der Waals surface area contributed by atoms with Gasteiger partial charge in [-0.1, -0.05) is 12.1 Å².